The third-order valence-electron chi connectivity index (χ3n) is 6.80. The molecule has 1 aromatic rings. The SMILES string of the molecule is CCN(CCO)C(=O)C1CCN(C2CCN(CCCc3ccccc3)CC2)CC1. The molecule has 1 amide bonds. The highest BCUT2D eigenvalue weighted by Gasteiger charge is 2.32. The molecule has 0 saturated carbocycles. The molecule has 0 aromatic heterocycles. The molecule has 0 atom stereocenters. The van der Waals surface area contributed by atoms with Gasteiger partial charge in [-0.15, -0.1) is 0 Å². The number of rotatable bonds is 9. The second-order valence-electron chi connectivity index (χ2n) is 8.61. The summed E-state index contributed by atoms with van der Waals surface area (Å²) in [6.45, 7) is 8.93. The lowest BCUT2D eigenvalue weighted by Gasteiger charge is -2.42. The van der Waals surface area contributed by atoms with Crippen LogP contribution in [0.4, 0.5) is 0 Å². The van der Waals surface area contributed by atoms with Crippen LogP contribution < -0.4 is 0 Å². The van der Waals surface area contributed by atoms with Crippen LogP contribution in [-0.4, -0.2) is 84.2 Å². The van der Waals surface area contributed by atoms with Crippen LogP contribution in [0.25, 0.3) is 0 Å². The molecule has 2 aliphatic heterocycles. The van der Waals surface area contributed by atoms with Crippen LogP contribution in [0.2, 0.25) is 0 Å². The van der Waals surface area contributed by atoms with E-state index in [0.29, 0.717) is 19.1 Å². The molecule has 5 heteroatoms. The zero-order valence-corrected chi connectivity index (χ0v) is 18.1. The zero-order valence-electron chi connectivity index (χ0n) is 18.1. The molecule has 1 aromatic carbocycles. The Morgan fingerprint density at radius 2 is 1.76 bits per heavy atom. The first-order chi connectivity index (χ1) is 14.2. The average Bonchev–Trinajstić information content (AvgIpc) is 2.78. The molecule has 5 nitrogen and oxygen atoms in total. The minimum absolute atomic E-state index is 0.0579. The van der Waals surface area contributed by atoms with Crippen molar-refractivity contribution in [1.29, 1.82) is 0 Å². The van der Waals surface area contributed by atoms with Gasteiger partial charge in [-0.05, 0) is 83.7 Å². The standard InChI is InChI=1S/C24H39N3O2/c1-2-26(19-20-28)24(29)22-10-17-27(18-11-22)23-12-15-25(16-13-23)14-6-9-21-7-4-3-5-8-21/h3-5,7-8,22-23,28H,2,6,9-20H2,1H3. The largest absolute Gasteiger partial charge is 0.395 e. The van der Waals surface area contributed by atoms with Gasteiger partial charge in [-0.25, -0.2) is 0 Å². The number of carbonyl (C=O) groups is 1. The van der Waals surface area contributed by atoms with Gasteiger partial charge in [-0.3, -0.25) is 4.79 Å². The van der Waals surface area contributed by atoms with Crippen molar-refractivity contribution in [2.45, 2.75) is 51.5 Å². The lowest BCUT2D eigenvalue weighted by atomic mass is 9.92. The molecule has 1 N–H and O–H groups in total. The number of aryl methyl sites for hydroxylation is 1. The van der Waals surface area contributed by atoms with Crippen molar-refractivity contribution in [3.63, 3.8) is 0 Å². The van der Waals surface area contributed by atoms with Crippen molar-refractivity contribution in [1.82, 2.24) is 14.7 Å². The number of benzene rings is 1. The third-order valence-corrected chi connectivity index (χ3v) is 6.80. The van der Waals surface area contributed by atoms with Crippen molar-refractivity contribution in [3.05, 3.63) is 35.9 Å². The van der Waals surface area contributed by atoms with E-state index in [1.807, 2.05) is 11.8 Å². The molecule has 2 saturated heterocycles. The van der Waals surface area contributed by atoms with Crippen molar-refractivity contribution in [2.75, 3.05) is 52.4 Å². The van der Waals surface area contributed by atoms with E-state index in [9.17, 15) is 4.79 Å². The van der Waals surface area contributed by atoms with Crippen LogP contribution in [0.5, 0.6) is 0 Å². The number of hydrogen-bond donors (Lipinski definition) is 1. The van der Waals surface area contributed by atoms with Gasteiger partial charge < -0.3 is 19.8 Å². The van der Waals surface area contributed by atoms with E-state index in [1.54, 1.807) is 0 Å². The van der Waals surface area contributed by atoms with Gasteiger partial charge in [0.15, 0.2) is 0 Å². The quantitative estimate of drug-likeness (QED) is 0.691. The smallest absolute Gasteiger partial charge is 0.225 e. The number of aliphatic hydroxyl groups excluding tert-OH is 1. The molecule has 0 radical (unpaired) electrons. The normalized spacial score (nSPS) is 20.1. The van der Waals surface area contributed by atoms with Gasteiger partial charge in [0.05, 0.1) is 6.61 Å². The summed E-state index contributed by atoms with van der Waals surface area (Å²) < 4.78 is 0. The van der Waals surface area contributed by atoms with E-state index in [4.69, 9.17) is 5.11 Å². The molecule has 29 heavy (non-hydrogen) atoms. The summed E-state index contributed by atoms with van der Waals surface area (Å²) in [6.07, 6.45) is 6.87. The van der Waals surface area contributed by atoms with Gasteiger partial charge in [-0.2, -0.15) is 0 Å². The summed E-state index contributed by atoms with van der Waals surface area (Å²) in [5, 5.41) is 9.15. The Hall–Kier alpha value is -1.43. The molecule has 2 heterocycles. The summed E-state index contributed by atoms with van der Waals surface area (Å²) >= 11 is 0. The van der Waals surface area contributed by atoms with Gasteiger partial charge in [0.1, 0.15) is 0 Å². The first kappa shape index (κ1) is 22.3. The Morgan fingerprint density at radius 1 is 1.07 bits per heavy atom. The Kier molecular flexibility index (Phi) is 8.96. The zero-order chi connectivity index (χ0) is 20.5. The molecule has 3 rings (SSSR count). The average molecular weight is 402 g/mol. The topological polar surface area (TPSA) is 47.0 Å². The number of nitrogens with zero attached hydrogens (tertiary/aromatic N) is 3. The molecule has 0 spiro atoms. The fourth-order valence-electron chi connectivity index (χ4n) is 4.97. The molecule has 0 bridgehead atoms. The van der Waals surface area contributed by atoms with Crippen molar-refractivity contribution in [2.24, 2.45) is 5.92 Å². The van der Waals surface area contributed by atoms with E-state index in [1.165, 1.54) is 50.9 Å². The molecule has 162 valence electrons. The van der Waals surface area contributed by atoms with Gasteiger partial charge in [0, 0.05) is 25.0 Å². The minimum atomic E-state index is 0.0579. The highest BCUT2D eigenvalue weighted by Crippen LogP contribution is 2.25. The van der Waals surface area contributed by atoms with Crippen LogP contribution in [0.1, 0.15) is 44.6 Å². The first-order valence-electron chi connectivity index (χ1n) is 11.6. The monoisotopic (exact) mass is 401 g/mol. The lowest BCUT2D eigenvalue weighted by Crippen LogP contribution is -2.49. The van der Waals surface area contributed by atoms with E-state index in [0.717, 1.165) is 25.9 Å². The van der Waals surface area contributed by atoms with Crippen molar-refractivity contribution in [3.8, 4) is 0 Å². The first-order valence-corrected chi connectivity index (χ1v) is 11.6. The maximum Gasteiger partial charge on any atom is 0.225 e. The molecular weight excluding hydrogens is 362 g/mol. The second-order valence-corrected chi connectivity index (χ2v) is 8.61. The Bertz CT molecular complexity index is 593. The van der Waals surface area contributed by atoms with Gasteiger partial charge in [-0.1, -0.05) is 30.3 Å². The minimum Gasteiger partial charge on any atom is -0.395 e. The Morgan fingerprint density at radius 3 is 2.38 bits per heavy atom. The van der Waals surface area contributed by atoms with Crippen molar-refractivity contribution < 1.29 is 9.90 Å². The molecule has 2 fully saturated rings. The maximum atomic E-state index is 12.6. The highest BCUT2D eigenvalue weighted by molar-refractivity contribution is 5.79. The summed E-state index contributed by atoms with van der Waals surface area (Å²) in [7, 11) is 0. The van der Waals surface area contributed by atoms with Gasteiger partial charge >= 0.3 is 0 Å². The van der Waals surface area contributed by atoms with E-state index in [-0.39, 0.29) is 18.4 Å². The number of likely N-dealkylation sites (N-methyl/N-ethyl adjacent to an activating group) is 1. The summed E-state index contributed by atoms with van der Waals surface area (Å²) in [5.41, 5.74) is 1.44. The van der Waals surface area contributed by atoms with Gasteiger partial charge in [0.25, 0.3) is 0 Å². The molecular formula is C24H39N3O2. The predicted octanol–water partition coefficient (Wildman–Crippen LogP) is 2.64. The number of aliphatic hydroxyl groups is 1. The fraction of sp³-hybridized carbons (Fsp3) is 0.708. The maximum absolute atomic E-state index is 12.6. The number of carbonyl (C=O) groups excluding carboxylic acids is 1. The van der Waals surface area contributed by atoms with Crippen LogP contribution in [-0.2, 0) is 11.2 Å². The predicted molar refractivity (Wildman–Crippen MR) is 118 cm³/mol. The third kappa shape index (κ3) is 6.53. The fourth-order valence-corrected chi connectivity index (χ4v) is 4.97. The van der Waals surface area contributed by atoms with Gasteiger partial charge in [0.2, 0.25) is 5.91 Å². The van der Waals surface area contributed by atoms with E-state index < -0.39 is 0 Å². The summed E-state index contributed by atoms with van der Waals surface area (Å²) in [6, 6.07) is 11.5. The van der Waals surface area contributed by atoms with E-state index >= 15 is 0 Å². The molecule has 0 aliphatic carbocycles. The summed E-state index contributed by atoms with van der Waals surface area (Å²) in [5.74, 6) is 0.394. The second kappa shape index (κ2) is 11.7. The number of amides is 1. The molecule has 0 unspecified atom stereocenters. The molecule has 2 aliphatic rings. The number of likely N-dealkylation sites (tertiary alicyclic amines) is 2. The number of piperidine rings is 2. The number of hydrogen-bond acceptors (Lipinski definition) is 4. The highest BCUT2D eigenvalue weighted by atomic mass is 16.3. The van der Waals surface area contributed by atoms with Crippen LogP contribution in [0.3, 0.4) is 0 Å². The van der Waals surface area contributed by atoms with Crippen LogP contribution >= 0.6 is 0 Å². The van der Waals surface area contributed by atoms with Crippen molar-refractivity contribution >= 4 is 5.91 Å². The van der Waals surface area contributed by atoms with E-state index in [2.05, 4.69) is 40.1 Å². The Balaban J connectivity index is 1.34. The summed E-state index contributed by atoms with van der Waals surface area (Å²) in [4.78, 5) is 19.7. The Labute approximate surface area is 176 Å². The van der Waals surface area contributed by atoms with Crippen LogP contribution in [0.15, 0.2) is 30.3 Å². The van der Waals surface area contributed by atoms with Crippen LogP contribution in [0, 0.1) is 5.92 Å². The lowest BCUT2D eigenvalue weighted by molar-refractivity contribution is -0.137.